The lowest BCUT2D eigenvalue weighted by atomic mass is 9.78. The first-order chi connectivity index (χ1) is 20.7. The molecule has 9 nitrogen and oxygen atoms in total. The van der Waals surface area contributed by atoms with E-state index in [9.17, 15) is 14.7 Å². The van der Waals surface area contributed by atoms with E-state index in [2.05, 4.69) is 26.0 Å². The summed E-state index contributed by atoms with van der Waals surface area (Å²) in [6.45, 7) is 16.8. The van der Waals surface area contributed by atoms with Crippen LogP contribution in [-0.4, -0.2) is 91.7 Å². The van der Waals surface area contributed by atoms with Crippen molar-refractivity contribution in [2.24, 2.45) is 29.6 Å². The van der Waals surface area contributed by atoms with Gasteiger partial charge in [-0.15, -0.1) is 0 Å². The zero-order valence-electron chi connectivity index (χ0n) is 28.6. The Hall–Kier alpha value is -2.52. The number of carbonyl (C=O) groups excluding carboxylic acids is 2. The Bertz CT molecular complexity index is 1070. The highest BCUT2D eigenvalue weighted by atomic mass is 16.6. The van der Waals surface area contributed by atoms with E-state index in [4.69, 9.17) is 18.9 Å². The molecule has 0 radical (unpaired) electrons. The van der Waals surface area contributed by atoms with E-state index in [-0.39, 0.29) is 35.8 Å². The van der Waals surface area contributed by atoms with E-state index in [0.29, 0.717) is 50.4 Å². The third-order valence-electron chi connectivity index (χ3n) is 8.84. The molecule has 3 rings (SSSR count). The monoisotopic (exact) mass is 618 g/mol. The number of nitrogens with zero attached hydrogens (tertiary/aromatic N) is 2. The second-order valence-corrected chi connectivity index (χ2v) is 14.4. The summed E-state index contributed by atoms with van der Waals surface area (Å²) in [5, 5.41) is 10.7. The van der Waals surface area contributed by atoms with Crippen LogP contribution in [0, 0.1) is 29.6 Å². The van der Waals surface area contributed by atoms with E-state index < -0.39 is 11.7 Å². The van der Waals surface area contributed by atoms with Crippen molar-refractivity contribution >= 4 is 12.0 Å². The fourth-order valence-electron chi connectivity index (χ4n) is 6.03. The van der Waals surface area contributed by atoms with Crippen molar-refractivity contribution in [3.63, 3.8) is 0 Å². The molecule has 1 saturated carbocycles. The van der Waals surface area contributed by atoms with Gasteiger partial charge in [0, 0.05) is 45.8 Å². The fraction of sp³-hybridized carbons (Fsp3) is 0.771. The lowest BCUT2D eigenvalue weighted by Crippen LogP contribution is -2.46. The van der Waals surface area contributed by atoms with E-state index in [1.54, 1.807) is 14.2 Å². The average molecular weight is 619 g/mol. The Labute approximate surface area is 265 Å². The third-order valence-corrected chi connectivity index (χ3v) is 8.84. The molecule has 0 spiro atoms. The smallest absolute Gasteiger partial charge is 0.410 e. The van der Waals surface area contributed by atoms with Crippen LogP contribution in [-0.2, 0) is 20.7 Å². The Balaban J connectivity index is 1.81. The number of carbonyl (C=O) groups is 2. The third kappa shape index (κ3) is 10.5. The number of hydrogen-bond acceptors (Lipinski definition) is 7. The van der Waals surface area contributed by atoms with Gasteiger partial charge in [-0.1, -0.05) is 33.8 Å². The molecular weight excluding hydrogens is 560 g/mol. The van der Waals surface area contributed by atoms with Crippen LogP contribution in [0.25, 0.3) is 0 Å². The molecule has 44 heavy (non-hydrogen) atoms. The Morgan fingerprint density at radius 1 is 1.00 bits per heavy atom. The van der Waals surface area contributed by atoms with Crippen LogP contribution < -0.4 is 9.47 Å². The minimum Gasteiger partial charge on any atom is -0.493 e. The maximum Gasteiger partial charge on any atom is 0.410 e. The van der Waals surface area contributed by atoms with Gasteiger partial charge in [0.05, 0.1) is 13.7 Å². The first kappa shape index (κ1) is 36.0. The molecule has 4 atom stereocenters. The van der Waals surface area contributed by atoms with Gasteiger partial charge < -0.3 is 33.9 Å². The highest BCUT2D eigenvalue weighted by Crippen LogP contribution is 2.38. The maximum atomic E-state index is 13.4. The maximum absolute atomic E-state index is 13.4. The first-order valence-electron chi connectivity index (χ1n) is 16.5. The second kappa shape index (κ2) is 16.2. The van der Waals surface area contributed by atoms with Gasteiger partial charge in [0.1, 0.15) is 11.7 Å². The molecule has 9 heteroatoms. The Morgan fingerprint density at radius 2 is 1.68 bits per heavy atom. The van der Waals surface area contributed by atoms with Crippen LogP contribution in [0.4, 0.5) is 4.79 Å². The summed E-state index contributed by atoms with van der Waals surface area (Å²) in [6, 6.07) is 6.34. The molecule has 1 aliphatic heterocycles. The number of likely N-dealkylation sites (tertiary alicyclic amines) is 1. The van der Waals surface area contributed by atoms with Crippen LogP contribution in [0.1, 0.15) is 79.7 Å². The first-order valence-corrected chi connectivity index (χ1v) is 16.5. The number of aliphatic hydroxyl groups is 1. The predicted molar refractivity (Wildman–Crippen MR) is 172 cm³/mol. The van der Waals surface area contributed by atoms with E-state index >= 15 is 0 Å². The van der Waals surface area contributed by atoms with Crippen molar-refractivity contribution in [2.45, 2.75) is 98.3 Å². The van der Waals surface area contributed by atoms with E-state index in [1.807, 2.05) is 50.5 Å². The van der Waals surface area contributed by atoms with Crippen LogP contribution >= 0.6 is 0 Å². The molecule has 2 aliphatic rings. The van der Waals surface area contributed by atoms with Gasteiger partial charge in [0.25, 0.3) is 5.91 Å². The lowest BCUT2D eigenvalue weighted by Gasteiger charge is -2.32. The van der Waals surface area contributed by atoms with Gasteiger partial charge in [0.2, 0.25) is 0 Å². The Kier molecular flexibility index (Phi) is 13.2. The van der Waals surface area contributed by atoms with Crippen molar-refractivity contribution in [1.29, 1.82) is 0 Å². The van der Waals surface area contributed by atoms with Gasteiger partial charge in [-0.05, 0) is 93.7 Å². The highest BCUT2D eigenvalue weighted by molar-refractivity contribution is 5.81. The van der Waals surface area contributed by atoms with Crippen LogP contribution in [0.3, 0.4) is 0 Å². The summed E-state index contributed by atoms with van der Waals surface area (Å²) >= 11 is 0. The number of benzene rings is 1. The quantitative estimate of drug-likeness (QED) is 0.234. The minimum atomic E-state index is -1.01. The number of aliphatic hydroxyl groups excluding tert-OH is 1. The zero-order chi connectivity index (χ0) is 32.6. The van der Waals surface area contributed by atoms with Crippen molar-refractivity contribution in [3.05, 3.63) is 23.8 Å². The van der Waals surface area contributed by atoms with Gasteiger partial charge in [-0.2, -0.15) is 0 Å². The summed E-state index contributed by atoms with van der Waals surface area (Å²) in [6.07, 6.45) is 3.19. The zero-order valence-corrected chi connectivity index (χ0v) is 28.6. The largest absolute Gasteiger partial charge is 0.493 e. The molecule has 1 aliphatic carbocycles. The molecule has 1 aromatic rings. The number of hydrogen-bond donors (Lipinski definition) is 1. The van der Waals surface area contributed by atoms with Crippen molar-refractivity contribution < 1.29 is 33.6 Å². The molecule has 1 N–H and O–H groups in total. The van der Waals surface area contributed by atoms with Gasteiger partial charge in [-0.25, -0.2) is 4.79 Å². The molecule has 2 unspecified atom stereocenters. The Morgan fingerprint density at radius 3 is 2.25 bits per heavy atom. The van der Waals surface area contributed by atoms with Crippen molar-refractivity contribution in [2.75, 3.05) is 47.1 Å². The van der Waals surface area contributed by atoms with Crippen LogP contribution in [0.15, 0.2) is 18.2 Å². The van der Waals surface area contributed by atoms with Crippen molar-refractivity contribution in [3.8, 4) is 11.5 Å². The molecule has 1 aromatic carbocycles. The molecule has 2 fully saturated rings. The van der Waals surface area contributed by atoms with Crippen molar-refractivity contribution in [1.82, 2.24) is 9.80 Å². The summed E-state index contributed by atoms with van der Waals surface area (Å²) in [5.74, 6) is 2.17. The van der Waals surface area contributed by atoms with E-state index in [0.717, 1.165) is 37.9 Å². The second-order valence-electron chi connectivity index (χ2n) is 14.4. The van der Waals surface area contributed by atoms with Crippen LogP contribution in [0.5, 0.6) is 11.5 Å². The molecule has 0 bridgehead atoms. The normalized spacial score (nSPS) is 20.1. The van der Waals surface area contributed by atoms with Gasteiger partial charge in [-0.3, -0.25) is 4.79 Å². The number of ether oxygens (including phenoxy) is 4. The molecule has 0 aromatic heterocycles. The molecule has 1 heterocycles. The molecule has 250 valence electrons. The SMILES string of the molecule is COCCCOc1cc(CC(C[C@@H]2CN(C(=O)OC(C)(C)C)C[C@H]2CN(C(=O)C(O)C(C)C)C2CC2)C(C)C)ccc1OC. The van der Waals surface area contributed by atoms with Gasteiger partial charge >= 0.3 is 6.09 Å². The van der Waals surface area contributed by atoms with Gasteiger partial charge in [0.15, 0.2) is 11.5 Å². The highest BCUT2D eigenvalue weighted by Gasteiger charge is 2.43. The number of amides is 2. The predicted octanol–water partition coefficient (Wildman–Crippen LogP) is 5.81. The van der Waals surface area contributed by atoms with E-state index in [1.165, 1.54) is 5.56 Å². The standard InChI is InChI=1S/C35H58N2O7/c1-23(2)26(17-25-11-14-30(42-9)31(18-25)43-16-10-15-41-8)19-27-20-36(34(40)44-35(5,6)7)21-28(27)22-37(29-12-13-29)33(39)32(38)24(3)4/h11,14,18,23-24,26-29,32,38H,10,12-13,15-17,19-22H2,1-9H3/t26?,27-,28+,32?/m1/s1. The lowest BCUT2D eigenvalue weighted by molar-refractivity contribution is -0.143. The number of rotatable bonds is 16. The van der Waals surface area contributed by atoms with Crippen LogP contribution in [0.2, 0.25) is 0 Å². The molecule has 2 amide bonds. The number of methoxy groups -OCH3 is 2. The summed E-state index contributed by atoms with van der Waals surface area (Å²) in [4.78, 5) is 30.3. The summed E-state index contributed by atoms with van der Waals surface area (Å²) in [5.41, 5.74) is 0.597. The fourth-order valence-corrected chi connectivity index (χ4v) is 6.03. The summed E-state index contributed by atoms with van der Waals surface area (Å²) < 4.78 is 22.5. The average Bonchev–Trinajstić information content (AvgIpc) is 3.72. The topological polar surface area (TPSA) is 97.8 Å². The summed E-state index contributed by atoms with van der Waals surface area (Å²) in [7, 11) is 3.34. The minimum absolute atomic E-state index is 0.100. The molecule has 1 saturated heterocycles. The molecular formula is C35H58N2O7.